The fourth-order valence-corrected chi connectivity index (χ4v) is 1.41. The number of carbonyl (C=O) groups is 1. The van der Waals surface area contributed by atoms with E-state index in [1.54, 1.807) is 0 Å². The quantitative estimate of drug-likeness (QED) is 0.625. The van der Waals surface area contributed by atoms with Crippen LogP contribution in [0.3, 0.4) is 0 Å². The van der Waals surface area contributed by atoms with Crippen molar-refractivity contribution >= 4 is 11.7 Å². The molecule has 0 saturated heterocycles. The van der Waals surface area contributed by atoms with Crippen LogP contribution >= 0.6 is 0 Å². The summed E-state index contributed by atoms with van der Waals surface area (Å²) in [6.07, 6.45) is -9.31. The number of aliphatic hydroxyl groups is 2. The number of benzene rings is 1. The van der Waals surface area contributed by atoms with E-state index in [2.05, 4.69) is 10.6 Å². The maximum absolute atomic E-state index is 13.1. The molecular weight excluding hydrogens is 296 g/mol. The highest BCUT2D eigenvalue weighted by Crippen LogP contribution is 2.36. The molecule has 0 bridgehead atoms. The van der Waals surface area contributed by atoms with E-state index in [4.69, 9.17) is 10.2 Å². The minimum atomic E-state index is -5.02. The lowest BCUT2D eigenvalue weighted by atomic mass is 10.1. The minimum absolute atomic E-state index is 0.0320. The molecule has 0 aliphatic carbocycles. The van der Waals surface area contributed by atoms with Gasteiger partial charge in [-0.15, -0.1) is 0 Å². The highest BCUT2D eigenvalue weighted by molar-refractivity contribution is 5.89. The molecule has 118 valence electrons. The summed E-state index contributed by atoms with van der Waals surface area (Å²) >= 11 is 0. The van der Waals surface area contributed by atoms with Gasteiger partial charge >= 0.3 is 12.2 Å². The molecule has 0 aromatic heterocycles. The number of halogens is 4. The molecule has 0 saturated carbocycles. The van der Waals surface area contributed by atoms with Gasteiger partial charge in [0.15, 0.2) is 0 Å². The third kappa shape index (κ3) is 5.56. The van der Waals surface area contributed by atoms with Crippen LogP contribution in [-0.2, 0) is 0 Å². The zero-order valence-corrected chi connectivity index (χ0v) is 10.7. The lowest BCUT2D eigenvalue weighted by Crippen LogP contribution is -2.36. The first-order chi connectivity index (χ1) is 9.74. The maximum Gasteiger partial charge on any atom is 0.423 e. The van der Waals surface area contributed by atoms with Crippen molar-refractivity contribution < 1.29 is 32.6 Å². The van der Waals surface area contributed by atoms with Crippen LogP contribution in [-0.4, -0.2) is 41.7 Å². The van der Waals surface area contributed by atoms with Gasteiger partial charge < -0.3 is 20.8 Å². The molecule has 4 N–H and O–H groups in total. The van der Waals surface area contributed by atoms with Crippen molar-refractivity contribution in [2.75, 3.05) is 18.5 Å². The van der Waals surface area contributed by atoms with Crippen LogP contribution in [0, 0.1) is 0 Å². The summed E-state index contributed by atoms with van der Waals surface area (Å²) < 4.78 is 49.9. The Morgan fingerprint density at radius 3 is 2.57 bits per heavy atom. The molecule has 0 aliphatic rings. The molecule has 1 aromatic carbocycles. The van der Waals surface area contributed by atoms with Crippen LogP contribution in [0.1, 0.15) is 11.7 Å². The molecule has 2 unspecified atom stereocenters. The van der Waals surface area contributed by atoms with Crippen molar-refractivity contribution in [1.29, 1.82) is 0 Å². The molecule has 1 aromatic rings. The Hall–Kier alpha value is -1.87. The molecule has 0 radical (unpaired) electrons. The first-order valence-corrected chi connectivity index (χ1v) is 5.88. The van der Waals surface area contributed by atoms with Crippen molar-refractivity contribution in [3.8, 4) is 0 Å². The summed E-state index contributed by atoms with van der Waals surface area (Å²) in [5.74, 6) is 0. The molecule has 21 heavy (non-hydrogen) atoms. The number of aliphatic hydroxyl groups excluding tert-OH is 2. The van der Waals surface area contributed by atoms with Crippen molar-refractivity contribution in [3.05, 3.63) is 29.8 Å². The Morgan fingerprint density at radius 1 is 1.33 bits per heavy atom. The standard InChI is InChI=1S/C12H14F4N2O3/c13-10(12(14,15)16)7-2-1-3-8(4-7)18-11(21)17-5-9(20)6-19/h1-4,9-10,19-20H,5-6H2,(H2,17,18,21). The second-order valence-electron chi connectivity index (χ2n) is 4.20. The SMILES string of the molecule is O=C(NCC(O)CO)Nc1cccc(C(F)C(F)(F)F)c1. The summed E-state index contributed by atoms with van der Waals surface area (Å²) in [6, 6.07) is 3.47. The highest BCUT2D eigenvalue weighted by Gasteiger charge is 2.41. The van der Waals surface area contributed by atoms with E-state index in [1.807, 2.05) is 0 Å². The number of carbonyl (C=O) groups excluding carboxylic acids is 1. The van der Waals surface area contributed by atoms with Gasteiger partial charge in [0, 0.05) is 12.2 Å². The van der Waals surface area contributed by atoms with Crippen LogP contribution in [0.25, 0.3) is 0 Å². The van der Waals surface area contributed by atoms with E-state index in [0.717, 1.165) is 12.1 Å². The van der Waals surface area contributed by atoms with Gasteiger partial charge in [0.25, 0.3) is 0 Å². The third-order valence-electron chi connectivity index (χ3n) is 2.43. The topological polar surface area (TPSA) is 81.6 Å². The fraction of sp³-hybridized carbons (Fsp3) is 0.417. The third-order valence-corrected chi connectivity index (χ3v) is 2.43. The number of hydrogen-bond donors (Lipinski definition) is 4. The molecular formula is C12H14F4N2O3. The van der Waals surface area contributed by atoms with E-state index in [0.29, 0.717) is 0 Å². The number of nitrogens with one attached hydrogen (secondary N) is 2. The zero-order valence-electron chi connectivity index (χ0n) is 10.7. The first-order valence-electron chi connectivity index (χ1n) is 5.88. The molecule has 2 amide bonds. The molecule has 0 spiro atoms. The predicted molar refractivity (Wildman–Crippen MR) is 66.5 cm³/mol. The molecule has 9 heteroatoms. The monoisotopic (exact) mass is 310 g/mol. The van der Waals surface area contributed by atoms with Crippen molar-refractivity contribution in [2.24, 2.45) is 0 Å². The van der Waals surface area contributed by atoms with E-state index in [-0.39, 0.29) is 12.2 Å². The number of rotatable bonds is 5. The largest absolute Gasteiger partial charge is 0.423 e. The zero-order chi connectivity index (χ0) is 16.0. The van der Waals surface area contributed by atoms with Crippen molar-refractivity contribution in [3.63, 3.8) is 0 Å². The van der Waals surface area contributed by atoms with Gasteiger partial charge in [-0.25, -0.2) is 9.18 Å². The average Bonchev–Trinajstić information content (AvgIpc) is 2.43. The van der Waals surface area contributed by atoms with E-state index in [1.165, 1.54) is 12.1 Å². The van der Waals surface area contributed by atoms with E-state index in [9.17, 15) is 22.4 Å². The van der Waals surface area contributed by atoms with Crippen LogP contribution in [0.4, 0.5) is 28.0 Å². The number of anilines is 1. The summed E-state index contributed by atoms with van der Waals surface area (Å²) in [5.41, 5.74) is -0.661. The van der Waals surface area contributed by atoms with Crippen LogP contribution in [0.2, 0.25) is 0 Å². The Morgan fingerprint density at radius 2 is 2.00 bits per heavy atom. The van der Waals surface area contributed by atoms with Crippen LogP contribution < -0.4 is 10.6 Å². The number of urea groups is 1. The van der Waals surface area contributed by atoms with Gasteiger partial charge in [0.05, 0.1) is 12.7 Å². The lowest BCUT2D eigenvalue weighted by molar-refractivity contribution is -0.182. The van der Waals surface area contributed by atoms with Gasteiger partial charge in [0.1, 0.15) is 0 Å². The van der Waals surface area contributed by atoms with Crippen molar-refractivity contribution in [1.82, 2.24) is 5.32 Å². The Balaban J connectivity index is 2.67. The Labute approximate surface area is 117 Å². The van der Waals surface area contributed by atoms with Gasteiger partial charge in [-0.1, -0.05) is 12.1 Å². The molecule has 0 fully saturated rings. The molecule has 0 heterocycles. The normalized spacial score (nSPS) is 14.4. The van der Waals surface area contributed by atoms with Gasteiger partial charge in [-0.05, 0) is 17.7 Å². The van der Waals surface area contributed by atoms with E-state index >= 15 is 0 Å². The molecule has 5 nitrogen and oxygen atoms in total. The molecule has 2 atom stereocenters. The van der Waals surface area contributed by atoms with Crippen LogP contribution in [0.15, 0.2) is 24.3 Å². The minimum Gasteiger partial charge on any atom is -0.394 e. The number of amides is 2. The summed E-state index contributed by atoms with van der Waals surface area (Å²) in [4.78, 5) is 11.4. The van der Waals surface area contributed by atoms with E-state index < -0.39 is 36.7 Å². The average molecular weight is 310 g/mol. The second kappa shape index (κ2) is 7.23. The van der Waals surface area contributed by atoms with Crippen molar-refractivity contribution in [2.45, 2.75) is 18.5 Å². The molecule has 0 aliphatic heterocycles. The smallest absolute Gasteiger partial charge is 0.394 e. The van der Waals surface area contributed by atoms with Gasteiger partial charge in [-0.2, -0.15) is 13.2 Å². The van der Waals surface area contributed by atoms with Gasteiger partial charge in [0.2, 0.25) is 6.17 Å². The summed E-state index contributed by atoms with van der Waals surface area (Å²) in [7, 11) is 0. The predicted octanol–water partition coefficient (Wildman–Crippen LogP) is 1.73. The fourth-order valence-electron chi connectivity index (χ4n) is 1.41. The second-order valence-corrected chi connectivity index (χ2v) is 4.20. The Bertz CT molecular complexity index is 482. The summed E-state index contributed by atoms with van der Waals surface area (Å²) in [6.45, 7) is -0.790. The summed E-state index contributed by atoms with van der Waals surface area (Å²) in [5, 5.41) is 21.9. The number of hydrogen-bond acceptors (Lipinski definition) is 3. The van der Waals surface area contributed by atoms with Gasteiger partial charge in [-0.3, -0.25) is 0 Å². The maximum atomic E-state index is 13.1. The molecule has 1 rings (SSSR count). The number of alkyl halides is 4. The van der Waals surface area contributed by atoms with Crippen LogP contribution in [0.5, 0.6) is 0 Å². The lowest BCUT2D eigenvalue weighted by Gasteiger charge is -2.14. The Kier molecular flexibility index (Phi) is 5.91. The highest BCUT2D eigenvalue weighted by atomic mass is 19.4. The first kappa shape index (κ1) is 17.2.